The lowest BCUT2D eigenvalue weighted by Gasteiger charge is -2.24. The number of nitrogens with one attached hydrogen (secondary N) is 1. The van der Waals surface area contributed by atoms with Gasteiger partial charge in [0.05, 0.1) is 6.04 Å². The van der Waals surface area contributed by atoms with E-state index in [0.29, 0.717) is 19.4 Å². The molecule has 1 fully saturated rings. The van der Waals surface area contributed by atoms with Crippen molar-refractivity contribution in [2.24, 2.45) is 0 Å². The molecule has 1 amide bonds. The molecule has 2 atom stereocenters. The van der Waals surface area contributed by atoms with Gasteiger partial charge in [0.1, 0.15) is 11.9 Å². The summed E-state index contributed by atoms with van der Waals surface area (Å²) in [7, 11) is 0. The fourth-order valence-corrected chi connectivity index (χ4v) is 3.64. The number of hydrogen-bond donors (Lipinski definition) is 2. The number of rotatable bonds is 11. The number of likely N-dealkylation sites (tertiary alicyclic amines) is 1. The van der Waals surface area contributed by atoms with E-state index < -0.39 is 12.0 Å². The number of unbranched alkanes of at least 4 members (excludes halogenated alkanes) is 3. The van der Waals surface area contributed by atoms with Gasteiger partial charge in [-0.1, -0.05) is 55.3 Å². The highest BCUT2D eigenvalue weighted by molar-refractivity contribution is 5.79. The first-order valence-electron chi connectivity index (χ1n) is 10.3. The molecule has 1 saturated heterocycles. The maximum absolute atomic E-state index is 14.4. The number of H-pyrrole nitrogens is 1. The van der Waals surface area contributed by atoms with Gasteiger partial charge >= 0.3 is 5.92 Å². The van der Waals surface area contributed by atoms with Crippen molar-refractivity contribution in [1.82, 2.24) is 25.5 Å². The number of aryl methyl sites for hydroxylation is 1. The van der Waals surface area contributed by atoms with E-state index in [0.717, 1.165) is 44.0 Å². The summed E-state index contributed by atoms with van der Waals surface area (Å²) < 4.78 is 28.8. The number of hydrogen-bond acceptors (Lipinski definition) is 5. The summed E-state index contributed by atoms with van der Waals surface area (Å²) in [5.74, 6) is -2.59. The molecule has 0 radical (unpaired) electrons. The third-order valence-electron chi connectivity index (χ3n) is 5.37. The van der Waals surface area contributed by atoms with Crippen LogP contribution in [0.3, 0.4) is 0 Å². The van der Waals surface area contributed by atoms with Crippen LogP contribution in [0, 0.1) is 0 Å². The Labute approximate surface area is 174 Å². The number of aliphatic hydroxyl groups excluding tert-OH is 1. The Balaban J connectivity index is 1.45. The van der Waals surface area contributed by atoms with Crippen molar-refractivity contribution in [2.45, 2.75) is 63.0 Å². The van der Waals surface area contributed by atoms with Gasteiger partial charge in [0.25, 0.3) is 0 Å². The van der Waals surface area contributed by atoms with Crippen molar-refractivity contribution in [3.63, 3.8) is 0 Å². The molecule has 2 heterocycles. The van der Waals surface area contributed by atoms with Crippen LogP contribution in [-0.2, 0) is 17.1 Å². The average Bonchev–Trinajstić information content (AvgIpc) is 3.39. The molecule has 0 saturated carbocycles. The van der Waals surface area contributed by atoms with E-state index in [-0.39, 0.29) is 17.5 Å². The van der Waals surface area contributed by atoms with Crippen LogP contribution in [0.1, 0.15) is 49.9 Å². The zero-order chi connectivity index (χ0) is 21.4. The highest BCUT2D eigenvalue weighted by Gasteiger charge is 2.39. The number of carbonyl (C=O) groups excluding carboxylic acids is 1. The van der Waals surface area contributed by atoms with Crippen molar-refractivity contribution >= 4 is 5.91 Å². The van der Waals surface area contributed by atoms with Crippen LogP contribution in [0.15, 0.2) is 42.5 Å². The van der Waals surface area contributed by atoms with Crippen molar-refractivity contribution in [2.75, 3.05) is 6.54 Å². The van der Waals surface area contributed by atoms with Gasteiger partial charge in [-0.25, -0.2) is 5.10 Å². The summed E-state index contributed by atoms with van der Waals surface area (Å²) >= 11 is 0. The predicted octanol–water partition coefficient (Wildman–Crippen LogP) is 3.00. The lowest BCUT2D eigenvalue weighted by atomic mass is 10.0. The number of nitrogens with zero attached hydrogens (tertiary/aromatic N) is 4. The Morgan fingerprint density at radius 3 is 2.73 bits per heavy atom. The van der Waals surface area contributed by atoms with Crippen LogP contribution < -0.4 is 0 Å². The largest absolute Gasteiger partial charge is 0.382 e. The molecule has 1 aliphatic rings. The third kappa shape index (κ3) is 5.69. The number of benzene rings is 1. The Hall–Kier alpha value is -2.68. The van der Waals surface area contributed by atoms with Gasteiger partial charge in [0.15, 0.2) is 0 Å². The van der Waals surface area contributed by atoms with E-state index >= 15 is 0 Å². The third-order valence-corrected chi connectivity index (χ3v) is 5.37. The van der Waals surface area contributed by atoms with Crippen LogP contribution in [0.5, 0.6) is 0 Å². The monoisotopic (exact) mass is 419 g/mol. The van der Waals surface area contributed by atoms with E-state index in [1.54, 1.807) is 17.0 Å². The van der Waals surface area contributed by atoms with Crippen molar-refractivity contribution < 1.29 is 18.7 Å². The molecule has 30 heavy (non-hydrogen) atoms. The second-order valence-electron chi connectivity index (χ2n) is 7.52. The van der Waals surface area contributed by atoms with Gasteiger partial charge in [0.2, 0.25) is 5.91 Å². The summed E-state index contributed by atoms with van der Waals surface area (Å²) in [6.07, 6.45) is 6.23. The number of tetrazole rings is 1. The van der Waals surface area contributed by atoms with Crippen LogP contribution in [0.2, 0.25) is 0 Å². The van der Waals surface area contributed by atoms with Crippen LogP contribution in [0.25, 0.3) is 0 Å². The molecule has 2 unspecified atom stereocenters. The van der Waals surface area contributed by atoms with Crippen molar-refractivity contribution in [1.29, 1.82) is 0 Å². The molecule has 0 spiro atoms. The van der Waals surface area contributed by atoms with Crippen LogP contribution in [0.4, 0.5) is 8.78 Å². The molecule has 7 nitrogen and oxygen atoms in total. The minimum Gasteiger partial charge on any atom is -0.382 e. The molecular formula is C21H27F2N5O2. The van der Waals surface area contributed by atoms with Gasteiger partial charge in [-0.15, -0.1) is 5.10 Å². The number of amides is 1. The summed E-state index contributed by atoms with van der Waals surface area (Å²) in [4.78, 5) is 13.9. The molecule has 0 aliphatic carbocycles. The van der Waals surface area contributed by atoms with E-state index in [1.807, 2.05) is 0 Å². The molecule has 1 aromatic heterocycles. The zero-order valence-electron chi connectivity index (χ0n) is 16.8. The zero-order valence-corrected chi connectivity index (χ0v) is 16.8. The minimum atomic E-state index is -3.38. The first kappa shape index (κ1) is 22.0. The normalized spacial score (nSPS) is 18.4. The van der Waals surface area contributed by atoms with E-state index in [9.17, 15) is 18.7 Å². The number of aromatic nitrogens is 4. The lowest BCUT2D eigenvalue weighted by molar-refractivity contribution is -0.128. The molecule has 162 valence electrons. The van der Waals surface area contributed by atoms with E-state index in [2.05, 4.69) is 20.6 Å². The van der Waals surface area contributed by atoms with Crippen LogP contribution >= 0.6 is 0 Å². The highest BCUT2D eigenvalue weighted by atomic mass is 19.3. The van der Waals surface area contributed by atoms with Gasteiger partial charge in [0, 0.05) is 24.9 Å². The summed E-state index contributed by atoms with van der Waals surface area (Å²) in [6.45, 7) is 0.586. The number of carbonyl (C=O) groups is 1. The van der Waals surface area contributed by atoms with Crippen molar-refractivity contribution in [3.8, 4) is 0 Å². The maximum Gasteiger partial charge on any atom is 0.302 e. The Morgan fingerprint density at radius 2 is 2.00 bits per heavy atom. The fraction of sp³-hybridized carbons (Fsp3) is 0.524. The molecule has 1 aliphatic heterocycles. The van der Waals surface area contributed by atoms with Crippen LogP contribution in [-0.4, -0.2) is 55.2 Å². The van der Waals surface area contributed by atoms with Gasteiger partial charge in [-0.2, -0.15) is 8.78 Å². The first-order valence-corrected chi connectivity index (χ1v) is 10.3. The standard InChI is InChI=1S/C21H27F2N5O2/c22-21(23,16-8-4-3-5-9-16)18(29)13-11-17-12-14-20(30)28(17)15-7-2-1-6-10-19-24-26-27-25-19/h3-5,8-9,11,13,17-18,29H,1-2,6-7,10,12,14-15H2,(H,24,25,26,27)/b13-11+. The number of alkyl halides is 2. The predicted molar refractivity (Wildman–Crippen MR) is 107 cm³/mol. The molecule has 2 N–H and O–H groups in total. The molecule has 9 heteroatoms. The van der Waals surface area contributed by atoms with E-state index in [1.165, 1.54) is 24.3 Å². The molecule has 2 aromatic rings. The average molecular weight is 419 g/mol. The maximum atomic E-state index is 14.4. The van der Waals surface area contributed by atoms with Gasteiger partial charge in [-0.05, 0) is 29.7 Å². The number of aliphatic hydroxyl groups is 1. The summed E-state index contributed by atoms with van der Waals surface area (Å²) in [5, 5.41) is 23.7. The minimum absolute atomic E-state index is 0.0293. The first-order chi connectivity index (χ1) is 14.5. The SMILES string of the molecule is O=C1CCC(/C=C/C(O)C(F)(F)c2ccccc2)N1CCCCCCc1nnn[nH]1. The topological polar surface area (TPSA) is 95.0 Å². The van der Waals surface area contributed by atoms with Crippen molar-refractivity contribution in [3.05, 3.63) is 53.9 Å². The lowest BCUT2D eigenvalue weighted by Crippen LogP contribution is -2.34. The number of halogens is 2. The molecule has 0 bridgehead atoms. The summed E-state index contributed by atoms with van der Waals surface area (Å²) in [6, 6.07) is 7.01. The molecule has 1 aromatic carbocycles. The molecule has 3 rings (SSSR count). The smallest absolute Gasteiger partial charge is 0.302 e. The van der Waals surface area contributed by atoms with E-state index in [4.69, 9.17) is 0 Å². The van der Waals surface area contributed by atoms with Gasteiger partial charge in [-0.3, -0.25) is 4.79 Å². The summed E-state index contributed by atoms with van der Waals surface area (Å²) in [5.41, 5.74) is -0.234. The van der Waals surface area contributed by atoms with Gasteiger partial charge < -0.3 is 10.0 Å². The second-order valence-corrected chi connectivity index (χ2v) is 7.52. The fourth-order valence-electron chi connectivity index (χ4n) is 3.64. The Bertz CT molecular complexity index is 814. The Kier molecular flexibility index (Phi) is 7.62. The second kappa shape index (κ2) is 10.4. The Morgan fingerprint density at radius 1 is 1.23 bits per heavy atom. The molecular weight excluding hydrogens is 392 g/mol. The quantitative estimate of drug-likeness (QED) is 0.431. The highest BCUT2D eigenvalue weighted by Crippen LogP contribution is 2.32. The number of aromatic amines is 1.